The largest absolute Gasteiger partial charge is 0.493 e. The fraction of sp³-hybridized carbons (Fsp3) is 0.176. The lowest BCUT2D eigenvalue weighted by atomic mass is 10.1. The molecule has 0 aliphatic heterocycles. The third-order valence-electron chi connectivity index (χ3n) is 3.54. The van der Waals surface area contributed by atoms with Gasteiger partial charge in [-0.3, -0.25) is 19.7 Å². The Kier molecular flexibility index (Phi) is 5.74. The lowest BCUT2D eigenvalue weighted by Crippen LogP contribution is -2.20. The average molecular weight is 359 g/mol. The maximum Gasteiger partial charge on any atom is 0.273 e. The summed E-state index contributed by atoms with van der Waals surface area (Å²) in [6.45, 7) is 1.15. The van der Waals surface area contributed by atoms with E-state index in [-0.39, 0.29) is 29.2 Å². The summed E-state index contributed by atoms with van der Waals surface area (Å²) >= 11 is 0. The average Bonchev–Trinajstić information content (AvgIpc) is 2.59. The van der Waals surface area contributed by atoms with Crippen molar-refractivity contribution in [2.45, 2.75) is 6.92 Å². The van der Waals surface area contributed by atoms with Gasteiger partial charge in [-0.1, -0.05) is 6.07 Å². The van der Waals surface area contributed by atoms with Crippen LogP contribution in [0.1, 0.15) is 15.9 Å². The molecule has 0 aliphatic carbocycles. The van der Waals surface area contributed by atoms with Crippen molar-refractivity contribution in [3.8, 4) is 11.5 Å². The molecule has 0 aromatic heterocycles. The number of carbonyl (C=O) groups is 2. The zero-order valence-electron chi connectivity index (χ0n) is 14.1. The number of nitrogens with zero attached hydrogens (tertiary/aromatic N) is 1. The number of carbonyl (C=O) groups excluding carboxylic acids is 2. The number of hydrogen-bond acceptors (Lipinski definition) is 6. The number of anilines is 1. The van der Waals surface area contributed by atoms with Crippen LogP contribution >= 0.6 is 0 Å². The Bertz CT molecular complexity index is 866. The Morgan fingerprint density at radius 3 is 2.58 bits per heavy atom. The van der Waals surface area contributed by atoms with Gasteiger partial charge in [0.15, 0.2) is 18.1 Å². The van der Waals surface area contributed by atoms with Crippen molar-refractivity contribution >= 4 is 23.2 Å². The molecule has 2 rings (SSSR count). The smallest absolute Gasteiger partial charge is 0.273 e. The van der Waals surface area contributed by atoms with Crippen LogP contribution in [-0.2, 0) is 4.79 Å². The van der Waals surface area contributed by atoms with Crippen molar-refractivity contribution in [3.63, 3.8) is 0 Å². The molecule has 2 aromatic carbocycles. The molecule has 26 heavy (non-hydrogen) atoms. The van der Waals surface area contributed by atoms with E-state index < -0.39 is 16.7 Å². The SMILES string of the molecule is COc1ccc(NC(=O)c2cccc([N+](=O)[O-])c2C)cc1OCC(N)=O. The van der Waals surface area contributed by atoms with Gasteiger partial charge in [0.1, 0.15) is 0 Å². The Hall–Kier alpha value is -3.62. The number of nitro groups is 1. The zero-order chi connectivity index (χ0) is 19.3. The highest BCUT2D eigenvalue weighted by molar-refractivity contribution is 6.06. The molecular formula is C17H17N3O6. The van der Waals surface area contributed by atoms with E-state index in [1.54, 1.807) is 12.1 Å². The molecule has 9 nitrogen and oxygen atoms in total. The molecule has 0 fully saturated rings. The van der Waals surface area contributed by atoms with Crippen LogP contribution in [-0.4, -0.2) is 30.5 Å². The molecule has 0 unspecified atom stereocenters. The Morgan fingerprint density at radius 1 is 1.23 bits per heavy atom. The fourth-order valence-corrected chi connectivity index (χ4v) is 2.28. The standard InChI is InChI=1S/C17H17N3O6/c1-10-12(4-3-5-13(10)20(23)24)17(22)19-11-6-7-14(25-2)15(8-11)26-9-16(18)21/h3-8H,9H2,1-2H3,(H2,18,21)(H,19,22). The van der Waals surface area contributed by atoms with Gasteiger partial charge in [-0.05, 0) is 25.1 Å². The molecule has 0 bridgehead atoms. The first-order valence-electron chi connectivity index (χ1n) is 7.48. The van der Waals surface area contributed by atoms with Gasteiger partial charge >= 0.3 is 0 Å². The third-order valence-corrected chi connectivity index (χ3v) is 3.54. The topological polar surface area (TPSA) is 134 Å². The fourth-order valence-electron chi connectivity index (χ4n) is 2.28. The molecule has 0 saturated heterocycles. The van der Waals surface area contributed by atoms with E-state index >= 15 is 0 Å². The summed E-state index contributed by atoms with van der Waals surface area (Å²) in [6, 6.07) is 8.84. The van der Waals surface area contributed by atoms with Gasteiger partial charge in [0.2, 0.25) is 0 Å². The van der Waals surface area contributed by atoms with Crippen LogP contribution < -0.4 is 20.5 Å². The molecule has 3 N–H and O–H groups in total. The molecule has 0 heterocycles. The summed E-state index contributed by atoms with van der Waals surface area (Å²) in [5.41, 5.74) is 5.71. The number of nitro benzene ring substituents is 1. The predicted molar refractivity (Wildman–Crippen MR) is 93.5 cm³/mol. The molecule has 0 radical (unpaired) electrons. The van der Waals surface area contributed by atoms with Crippen LogP contribution in [0.4, 0.5) is 11.4 Å². The number of ether oxygens (including phenoxy) is 2. The summed E-state index contributed by atoms with van der Waals surface area (Å²) in [6.07, 6.45) is 0. The van der Waals surface area contributed by atoms with Crippen LogP contribution in [0.2, 0.25) is 0 Å². The molecule has 0 spiro atoms. The van der Waals surface area contributed by atoms with Crippen molar-refractivity contribution in [2.75, 3.05) is 19.0 Å². The van der Waals surface area contributed by atoms with Crippen LogP contribution in [0, 0.1) is 17.0 Å². The monoisotopic (exact) mass is 359 g/mol. The summed E-state index contributed by atoms with van der Waals surface area (Å²) in [4.78, 5) is 33.8. The summed E-state index contributed by atoms with van der Waals surface area (Å²) in [7, 11) is 1.43. The zero-order valence-corrected chi connectivity index (χ0v) is 14.1. The van der Waals surface area contributed by atoms with Crippen molar-refractivity contribution in [1.29, 1.82) is 0 Å². The van der Waals surface area contributed by atoms with Crippen molar-refractivity contribution in [3.05, 3.63) is 57.6 Å². The first-order chi connectivity index (χ1) is 12.3. The minimum atomic E-state index is -0.659. The number of nitrogens with two attached hydrogens (primary N) is 1. The number of amides is 2. The number of methoxy groups -OCH3 is 1. The lowest BCUT2D eigenvalue weighted by Gasteiger charge is -2.12. The van der Waals surface area contributed by atoms with Gasteiger partial charge in [-0.25, -0.2) is 0 Å². The molecule has 0 aliphatic rings. The van der Waals surface area contributed by atoms with E-state index in [2.05, 4.69) is 5.32 Å². The van der Waals surface area contributed by atoms with Crippen LogP contribution in [0.15, 0.2) is 36.4 Å². The van der Waals surface area contributed by atoms with E-state index in [0.29, 0.717) is 11.4 Å². The van der Waals surface area contributed by atoms with Gasteiger partial charge in [-0.15, -0.1) is 0 Å². The molecule has 0 atom stereocenters. The maximum absolute atomic E-state index is 12.5. The lowest BCUT2D eigenvalue weighted by molar-refractivity contribution is -0.385. The highest BCUT2D eigenvalue weighted by Gasteiger charge is 2.18. The molecular weight excluding hydrogens is 342 g/mol. The highest BCUT2D eigenvalue weighted by Crippen LogP contribution is 2.30. The normalized spacial score (nSPS) is 10.1. The van der Waals surface area contributed by atoms with Gasteiger partial charge < -0.3 is 20.5 Å². The summed E-state index contributed by atoms with van der Waals surface area (Å²) in [5, 5.41) is 13.6. The van der Waals surface area contributed by atoms with Gasteiger partial charge in [0, 0.05) is 28.9 Å². The van der Waals surface area contributed by atoms with E-state index in [1.807, 2.05) is 0 Å². The van der Waals surface area contributed by atoms with Crippen LogP contribution in [0.25, 0.3) is 0 Å². The van der Waals surface area contributed by atoms with Gasteiger partial charge in [-0.2, -0.15) is 0 Å². The number of hydrogen-bond donors (Lipinski definition) is 2. The predicted octanol–water partition coefficient (Wildman–Crippen LogP) is 2.03. The second-order valence-electron chi connectivity index (χ2n) is 5.28. The van der Waals surface area contributed by atoms with Crippen molar-refractivity contribution < 1.29 is 24.0 Å². The maximum atomic E-state index is 12.5. The number of nitrogens with one attached hydrogen (secondary N) is 1. The highest BCUT2D eigenvalue weighted by atomic mass is 16.6. The van der Waals surface area contributed by atoms with E-state index in [1.165, 1.54) is 38.3 Å². The van der Waals surface area contributed by atoms with Crippen LogP contribution in [0.5, 0.6) is 11.5 Å². The van der Waals surface area contributed by atoms with Crippen molar-refractivity contribution in [1.82, 2.24) is 0 Å². The second-order valence-corrected chi connectivity index (χ2v) is 5.28. The van der Waals surface area contributed by atoms with Crippen molar-refractivity contribution in [2.24, 2.45) is 5.73 Å². The first kappa shape index (κ1) is 18.7. The first-order valence-corrected chi connectivity index (χ1v) is 7.48. The molecule has 136 valence electrons. The minimum Gasteiger partial charge on any atom is -0.493 e. The van der Waals surface area contributed by atoms with Crippen LogP contribution in [0.3, 0.4) is 0 Å². The Labute approximate surface area is 148 Å². The number of benzene rings is 2. The number of rotatable bonds is 7. The van der Waals surface area contributed by atoms with E-state index in [4.69, 9.17) is 15.2 Å². The third kappa shape index (κ3) is 4.26. The Balaban J connectivity index is 2.26. The van der Waals surface area contributed by atoms with E-state index in [0.717, 1.165) is 0 Å². The molecule has 2 amide bonds. The van der Waals surface area contributed by atoms with Gasteiger partial charge in [0.25, 0.3) is 17.5 Å². The Morgan fingerprint density at radius 2 is 1.96 bits per heavy atom. The van der Waals surface area contributed by atoms with Gasteiger partial charge in [0.05, 0.1) is 12.0 Å². The molecule has 0 saturated carbocycles. The summed E-state index contributed by atoms with van der Waals surface area (Å²) in [5.74, 6) is -0.596. The second kappa shape index (κ2) is 7.97. The molecule has 9 heteroatoms. The van der Waals surface area contributed by atoms with E-state index in [9.17, 15) is 19.7 Å². The quantitative estimate of drug-likeness (QED) is 0.574. The minimum absolute atomic E-state index is 0.141. The summed E-state index contributed by atoms with van der Waals surface area (Å²) < 4.78 is 10.4. The molecule has 2 aromatic rings. The number of primary amides is 1.